The third kappa shape index (κ3) is 39.5. The first-order chi connectivity index (χ1) is 25.0. The van der Waals surface area contributed by atoms with Gasteiger partial charge in [0.2, 0.25) is 0 Å². The molecule has 0 bridgehead atoms. The number of unbranched alkanes of at least 4 members (excludes halogenated alkanes) is 30. The summed E-state index contributed by atoms with van der Waals surface area (Å²) in [5.74, 6) is -0.860. The van der Waals surface area contributed by atoms with Gasteiger partial charge in [0.25, 0.3) is 0 Å². The fourth-order valence-electron chi connectivity index (χ4n) is 6.68. The third-order valence-corrected chi connectivity index (χ3v) is 10.1. The average Bonchev–Trinajstić information content (AvgIpc) is 3.12. The van der Waals surface area contributed by atoms with E-state index in [0.717, 1.165) is 57.8 Å². The molecule has 0 amide bonds. The van der Waals surface area contributed by atoms with Crippen molar-refractivity contribution in [1.82, 2.24) is 0 Å². The molecule has 0 aromatic rings. The lowest BCUT2D eigenvalue weighted by atomic mass is 10.0. The summed E-state index contributed by atoms with van der Waals surface area (Å²) in [5, 5.41) is 0. The highest BCUT2D eigenvalue weighted by molar-refractivity contribution is 5.71. The summed E-state index contributed by atoms with van der Waals surface area (Å²) in [6.07, 6.45) is 40.9. The van der Waals surface area contributed by atoms with Gasteiger partial charge < -0.3 is 14.2 Å². The number of carbonyl (C=O) groups is 3. The lowest BCUT2D eigenvalue weighted by molar-refractivity contribution is -0.167. The van der Waals surface area contributed by atoms with E-state index in [1.807, 2.05) is 0 Å². The fraction of sp³-hybridized carbons (Fsp3) is 0.933. The minimum Gasteiger partial charge on any atom is -0.462 e. The SMILES string of the molecule is CCCCCCCCCCCCCCCCCCC(=O)O[C@H](COC(=O)CCCCCCCCC)COC(=O)CCCCCCCCCCCC. The van der Waals surface area contributed by atoms with Crippen molar-refractivity contribution >= 4 is 17.9 Å². The zero-order chi connectivity index (χ0) is 37.3. The van der Waals surface area contributed by atoms with Gasteiger partial charge in [-0.1, -0.05) is 213 Å². The minimum absolute atomic E-state index is 0.0635. The molecule has 0 rings (SSSR count). The Morgan fingerprint density at radius 2 is 0.529 bits per heavy atom. The van der Waals surface area contributed by atoms with Gasteiger partial charge in [0, 0.05) is 19.3 Å². The molecule has 0 aliphatic rings. The highest BCUT2D eigenvalue weighted by Gasteiger charge is 2.19. The van der Waals surface area contributed by atoms with E-state index in [0.29, 0.717) is 19.3 Å². The van der Waals surface area contributed by atoms with Crippen LogP contribution >= 0.6 is 0 Å². The molecule has 0 saturated heterocycles. The normalized spacial score (nSPS) is 11.8. The number of esters is 3. The molecule has 0 aromatic heterocycles. The van der Waals surface area contributed by atoms with Crippen LogP contribution in [0.2, 0.25) is 0 Å². The quantitative estimate of drug-likeness (QED) is 0.0355. The van der Waals surface area contributed by atoms with Crippen molar-refractivity contribution < 1.29 is 28.6 Å². The maximum atomic E-state index is 12.7. The van der Waals surface area contributed by atoms with Crippen molar-refractivity contribution in [2.24, 2.45) is 0 Å². The summed E-state index contributed by atoms with van der Waals surface area (Å²) >= 11 is 0. The van der Waals surface area contributed by atoms with Crippen LogP contribution in [0.1, 0.15) is 252 Å². The number of carbonyl (C=O) groups excluding carboxylic acids is 3. The summed E-state index contributed by atoms with van der Waals surface area (Å²) in [4.78, 5) is 37.5. The van der Waals surface area contributed by atoms with Crippen molar-refractivity contribution in [2.75, 3.05) is 13.2 Å². The van der Waals surface area contributed by atoms with Crippen LogP contribution in [-0.2, 0) is 28.6 Å². The Kier molecular flexibility index (Phi) is 39.9. The number of ether oxygens (including phenoxy) is 3. The van der Waals surface area contributed by atoms with Crippen LogP contribution in [0.4, 0.5) is 0 Å². The highest BCUT2D eigenvalue weighted by atomic mass is 16.6. The van der Waals surface area contributed by atoms with Gasteiger partial charge in [0.05, 0.1) is 0 Å². The Morgan fingerprint density at radius 1 is 0.314 bits per heavy atom. The van der Waals surface area contributed by atoms with Crippen molar-refractivity contribution in [1.29, 1.82) is 0 Å². The van der Waals surface area contributed by atoms with E-state index in [-0.39, 0.29) is 31.1 Å². The maximum absolute atomic E-state index is 12.7. The molecule has 0 heterocycles. The molecule has 302 valence electrons. The van der Waals surface area contributed by atoms with E-state index < -0.39 is 6.10 Å². The van der Waals surface area contributed by atoms with E-state index in [2.05, 4.69) is 20.8 Å². The largest absolute Gasteiger partial charge is 0.462 e. The Hall–Kier alpha value is -1.59. The summed E-state index contributed by atoms with van der Waals surface area (Å²) in [7, 11) is 0. The molecule has 6 heteroatoms. The molecule has 6 nitrogen and oxygen atoms in total. The van der Waals surface area contributed by atoms with Gasteiger partial charge in [-0.05, 0) is 19.3 Å². The first-order valence-electron chi connectivity index (χ1n) is 22.5. The molecule has 0 aromatic carbocycles. The van der Waals surface area contributed by atoms with Crippen LogP contribution in [0, 0.1) is 0 Å². The minimum atomic E-state index is -0.756. The summed E-state index contributed by atoms with van der Waals surface area (Å²) in [6.45, 7) is 6.60. The zero-order valence-electron chi connectivity index (χ0n) is 34.4. The predicted octanol–water partition coefficient (Wildman–Crippen LogP) is 14.1. The lowest BCUT2D eigenvalue weighted by Gasteiger charge is -2.18. The molecule has 0 N–H and O–H groups in total. The van der Waals surface area contributed by atoms with Gasteiger partial charge in [-0.25, -0.2) is 0 Å². The van der Waals surface area contributed by atoms with E-state index >= 15 is 0 Å². The van der Waals surface area contributed by atoms with Crippen molar-refractivity contribution in [3.63, 3.8) is 0 Å². The first kappa shape index (κ1) is 49.4. The summed E-state index contributed by atoms with van der Waals surface area (Å²) in [5.41, 5.74) is 0. The zero-order valence-corrected chi connectivity index (χ0v) is 34.4. The number of hydrogen-bond donors (Lipinski definition) is 0. The summed E-state index contributed by atoms with van der Waals surface area (Å²) in [6, 6.07) is 0. The second kappa shape index (κ2) is 41.2. The van der Waals surface area contributed by atoms with Gasteiger partial charge in [-0.3, -0.25) is 14.4 Å². The standard InChI is InChI=1S/C45H86O6/c1-4-7-10-13-16-18-20-21-22-23-24-25-27-30-33-36-39-45(48)51-42(40-49-43(46)37-34-31-28-15-12-9-6-3)41-50-44(47)38-35-32-29-26-19-17-14-11-8-5-2/h42H,4-41H2,1-3H3/t42-/m1/s1. The summed E-state index contributed by atoms with van der Waals surface area (Å²) < 4.78 is 16.6. The molecule has 0 spiro atoms. The molecule has 0 fully saturated rings. The Labute approximate surface area is 317 Å². The van der Waals surface area contributed by atoms with E-state index in [9.17, 15) is 14.4 Å². The van der Waals surface area contributed by atoms with Gasteiger partial charge in [0.1, 0.15) is 13.2 Å². The monoisotopic (exact) mass is 723 g/mol. The van der Waals surface area contributed by atoms with E-state index in [1.165, 1.54) is 154 Å². The molecule has 0 unspecified atom stereocenters. The van der Waals surface area contributed by atoms with Gasteiger partial charge in [-0.2, -0.15) is 0 Å². The van der Waals surface area contributed by atoms with Crippen LogP contribution in [0.5, 0.6) is 0 Å². The number of hydrogen-bond acceptors (Lipinski definition) is 6. The maximum Gasteiger partial charge on any atom is 0.306 e. The van der Waals surface area contributed by atoms with E-state index in [4.69, 9.17) is 14.2 Å². The van der Waals surface area contributed by atoms with Gasteiger partial charge in [-0.15, -0.1) is 0 Å². The lowest BCUT2D eigenvalue weighted by Crippen LogP contribution is -2.30. The fourth-order valence-corrected chi connectivity index (χ4v) is 6.68. The van der Waals surface area contributed by atoms with Crippen LogP contribution in [0.25, 0.3) is 0 Å². The predicted molar refractivity (Wildman–Crippen MR) is 215 cm³/mol. The smallest absolute Gasteiger partial charge is 0.306 e. The highest BCUT2D eigenvalue weighted by Crippen LogP contribution is 2.16. The topological polar surface area (TPSA) is 78.9 Å². The molecular formula is C45H86O6. The Morgan fingerprint density at radius 3 is 0.784 bits per heavy atom. The molecular weight excluding hydrogens is 636 g/mol. The van der Waals surface area contributed by atoms with Crippen LogP contribution in [0.3, 0.4) is 0 Å². The molecule has 0 aliphatic heterocycles. The second-order valence-corrected chi connectivity index (χ2v) is 15.3. The molecule has 0 saturated carbocycles. The molecule has 51 heavy (non-hydrogen) atoms. The second-order valence-electron chi connectivity index (χ2n) is 15.3. The Bertz CT molecular complexity index is 753. The van der Waals surface area contributed by atoms with Crippen LogP contribution in [-0.4, -0.2) is 37.2 Å². The van der Waals surface area contributed by atoms with E-state index in [1.54, 1.807) is 0 Å². The molecule has 1 atom stereocenters. The van der Waals surface area contributed by atoms with Crippen molar-refractivity contribution in [2.45, 2.75) is 258 Å². The molecule has 0 aliphatic carbocycles. The van der Waals surface area contributed by atoms with Gasteiger partial charge in [0.15, 0.2) is 6.10 Å². The van der Waals surface area contributed by atoms with Crippen LogP contribution < -0.4 is 0 Å². The van der Waals surface area contributed by atoms with Gasteiger partial charge >= 0.3 is 17.9 Å². The van der Waals surface area contributed by atoms with Crippen molar-refractivity contribution in [3.8, 4) is 0 Å². The average molecular weight is 723 g/mol. The molecule has 0 radical (unpaired) electrons. The third-order valence-electron chi connectivity index (χ3n) is 10.1. The van der Waals surface area contributed by atoms with Crippen molar-refractivity contribution in [3.05, 3.63) is 0 Å². The van der Waals surface area contributed by atoms with Crippen LogP contribution in [0.15, 0.2) is 0 Å². The first-order valence-corrected chi connectivity index (χ1v) is 22.5. The number of rotatable bonds is 41. The Balaban J connectivity index is 4.23.